The Morgan fingerprint density at radius 3 is 2.59 bits per heavy atom. The first-order valence-corrected chi connectivity index (χ1v) is 12.7. The van der Waals surface area contributed by atoms with Crippen molar-refractivity contribution < 1.29 is 17.9 Å². The lowest BCUT2D eigenvalue weighted by atomic mass is 9.97. The second kappa shape index (κ2) is 12.0. The number of sulfonamides is 1. The number of nitrogens with zero attached hydrogens (tertiary/aromatic N) is 1. The van der Waals surface area contributed by atoms with Gasteiger partial charge in [0.15, 0.2) is 0 Å². The van der Waals surface area contributed by atoms with Crippen molar-refractivity contribution in [3.8, 4) is 5.75 Å². The normalized spacial score (nSPS) is 17.1. The van der Waals surface area contributed by atoms with Crippen LogP contribution in [0.3, 0.4) is 0 Å². The second-order valence-corrected chi connectivity index (χ2v) is 9.85. The summed E-state index contributed by atoms with van der Waals surface area (Å²) < 4.78 is 32.6. The van der Waals surface area contributed by atoms with Crippen molar-refractivity contribution in [2.45, 2.75) is 37.6 Å². The van der Waals surface area contributed by atoms with E-state index in [9.17, 15) is 13.2 Å². The number of piperidine rings is 1. The molecule has 32 heavy (non-hydrogen) atoms. The fourth-order valence-electron chi connectivity index (χ4n) is 3.91. The lowest BCUT2D eigenvalue weighted by Gasteiger charge is -2.32. The van der Waals surface area contributed by atoms with E-state index >= 15 is 0 Å². The molecule has 0 aliphatic carbocycles. The first-order valence-electron chi connectivity index (χ1n) is 11.2. The molecule has 1 unspecified atom stereocenters. The van der Waals surface area contributed by atoms with E-state index in [1.165, 1.54) is 17.7 Å². The Kier molecular flexibility index (Phi) is 9.08. The van der Waals surface area contributed by atoms with Gasteiger partial charge in [-0.3, -0.25) is 9.69 Å². The summed E-state index contributed by atoms with van der Waals surface area (Å²) in [5.41, 5.74) is 1.30. The van der Waals surface area contributed by atoms with Gasteiger partial charge in [0, 0.05) is 32.6 Å². The van der Waals surface area contributed by atoms with Gasteiger partial charge in [-0.1, -0.05) is 30.3 Å². The molecule has 7 nitrogen and oxygen atoms in total. The Bertz CT molecular complexity index is 949. The molecular formula is C24H33N3O4S. The molecule has 0 aromatic heterocycles. The highest BCUT2D eigenvalue weighted by Crippen LogP contribution is 2.18. The van der Waals surface area contributed by atoms with Gasteiger partial charge in [-0.2, -0.15) is 0 Å². The van der Waals surface area contributed by atoms with Crippen LogP contribution < -0.4 is 14.8 Å². The van der Waals surface area contributed by atoms with Crippen LogP contribution in [0.2, 0.25) is 0 Å². The van der Waals surface area contributed by atoms with Crippen molar-refractivity contribution in [3.05, 3.63) is 60.2 Å². The molecular weight excluding hydrogens is 426 g/mol. The molecule has 1 aliphatic rings. The Balaban J connectivity index is 1.37. The average Bonchev–Trinajstić information content (AvgIpc) is 2.79. The molecule has 2 aromatic carbocycles. The predicted octanol–water partition coefficient (Wildman–Crippen LogP) is 2.78. The lowest BCUT2D eigenvalue weighted by molar-refractivity contribution is -0.121. The molecule has 1 fully saturated rings. The van der Waals surface area contributed by atoms with Crippen LogP contribution in [0.1, 0.15) is 31.7 Å². The minimum absolute atomic E-state index is 0.0617. The zero-order valence-electron chi connectivity index (χ0n) is 18.6. The van der Waals surface area contributed by atoms with Crippen molar-refractivity contribution in [3.63, 3.8) is 0 Å². The number of hydrogen-bond donors (Lipinski definition) is 2. The molecule has 1 aliphatic heterocycles. The minimum Gasteiger partial charge on any atom is -0.494 e. The van der Waals surface area contributed by atoms with E-state index in [-0.39, 0.29) is 23.8 Å². The summed E-state index contributed by atoms with van der Waals surface area (Å²) in [6, 6.07) is 16.7. The number of carbonyl (C=O) groups is 1. The van der Waals surface area contributed by atoms with E-state index < -0.39 is 10.0 Å². The lowest BCUT2D eigenvalue weighted by Crippen LogP contribution is -2.41. The van der Waals surface area contributed by atoms with Gasteiger partial charge in [0.05, 0.1) is 11.5 Å². The minimum atomic E-state index is -3.65. The van der Waals surface area contributed by atoms with Crippen LogP contribution >= 0.6 is 0 Å². The number of nitrogens with one attached hydrogen (secondary N) is 2. The molecule has 1 saturated heterocycles. The number of hydrogen-bond acceptors (Lipinski definition) is 5. The maximum absolute atomic E-state index is 12.4. The molecule has 0 radical (unpaired) electrons. The fraction of sp³-hybridized carbons (Fsp3) is 0.458. The molecule has 0 bridgehead atoms. The van der Waals surface area contributed by atoms with Crippen LogP contribution in [0.15, 0.2) is 59.5 Å². The molecule has 3 rings (SSSR count). The molecule has 0 saturated carbocycles. The van der Waals surface area contributed by atoms with E-state index in [4.69, 9.17) is 4.74 Å². The third-order valence-corrected chi connectivity index (χ3v) is 7.01. The Labute approximate surface area is 191 Å². The van der Waals surface area contributed by atoms with Crippen LogP contribution in [-0.2, 0) is 21.4 Å². The number of benzene rings is 2. The number of rotatable bonds is 11. The first-order chi connectivity index (χ1) is 15.5. The van der Waals surface area contributed by atoms with Crippen molar-refractivity contribution >= 4 is 15.9 Å². The largest absolute Gasteiger partial charge is 0.494 e. The maximum Gasteiger partial charge on any atom is 0.240 e. The topological polar surface area (TPSA) is 87.7 Å². The third-order valence-electron chi connectivity index (χ3n) is 5.53. The Hall–Kier alpha value is -2.42. The van der Waals surface area contributed by atoms with E-state index in [1.54, 1.807) is 12.1 Å². The summed E-state index contributed by atoms with van der Waals surface area (Å²) in [4.78, 5) is 14.8. The van der Waals surface area contributed by atoms with Crippen molar-refractivity contribution in [1.82, 2.24) is 14.9 Å². The first kappa shape index (κ1) is 24.2. The summed E-state index contributed by atoms with van der Waals surface area (Å²) in [5, 5.41) is 2.97. The number of amides is 1. The summed E-state index contributed by atoms with van der Waals surface area (Å²) in [5.74, 6) is 0.896. The van der Waals surface area contributed by atoms with Gasteiger partial charge in [-0.05, 0) is 62.1 Å². The summed E-state index contributed by atoms with van der Waals surface area (Å²) >= 11 is 0. The second-order valence-electron chi connectivity index (χ2n) is 8.09. The highest BCUT2D eigenvalue weighted by Gasteiger charge is 2.21. The molecule has 1 atom stereocenters. The monoisotopic (exact) mass is 459 g/mol. The standard InChI is InChI=1S/C24H33N3O4S/c1-2-31-22-10-12-23(13-11-22)32(29,30)26-15-14-24(28)25-17-21-9-6-16-27(19-21)18-20-7-4-3-5-8-20/h3-5,7-8,10-13,21,26H,2,6,9,14-19H2,1H3,(H,25,28). The molecule has 2 aromatic rings. The van der Waals surface area contributed by atoms with Gasteiger partial charge in [-0.15, -0.1) is 0 Å². The van der Waals surface area contributed by atoms with E-state index in [0.717, 1.165) is 32.5 Å². The van der Waals surface area contributed by atoms with Crippen molar-refractivity contribution in [1.29, 1.82) is 0 Å². The SMILES string of the molecule is CCOc1ccc(S(=O)(=O)NCCC(=O)NCC2CCCN(Cc3ccccc3)C2)cc1. The zero-order valence-corrected chi connectivity index (χ0v) is 19.4. The highest BCUT2D eigenvalue weighted by molar-refractivity contribution is 7.89. The van der Waals surface area contributed by atoms with Crippen LogP contribution in [-0.4, -0.2) is 52.0 Å². The van der Waals surface area contributed by atoms with Crippen LogP contribution in [0.5, 0.6) is 5.75 Å². The highest BCUT2D eigenvalue weighted by atomic mass is 32.2. The average molecular weight is 460 g/mol. The number of carbonyl (C=O) groups excluding carboxylic acids is 1. The number of ether oxygens (including phenoxy) is 1. The molecule has 2 N–H and O–H groups in total. The van der Waals surface area contributed by atoms with Gasteiger partial charge in [0.25, 0.3) is 0 Å². The van der Waals surface area contributed by atoms with E-state index in [1.807, 2.05) is 13.0 Å². The molecule has 1 amide bonds. The molecule has 1 heterocycles. The van der Waals surface area contributed by atoms with Gasteiger partial charge in [0.2, 0.25) is 15.9 Å². The number of likely N-dealkylation sites (tertiary alicyclic amines) is 1. The Morgan fingerprint density at radius 2 is 1.88 bits per heavy atom. The molecule has 0 spiro atoms. The summed E-state index contributed by atoms with van der Waals surface area (Å²) in [6.45, 7) is 6.03. The third kappa shape index (κ3) is 7.62. The van der Waals surface area contributed by atoms with Gasteiger partial charge < -0.3 is 10.1 Å². The van der Waals surface area contributed by atoms with Crippen LogP contribution in [0.25, 0.3) is 0 Å². The molecule has 174 valence electrons. The van der Waals surface area contributed by atoms with Crippen LogP contribution in [0.4, 0.5) is 0 Å². The zero-order chi connectivity index (χ0) is 22.8. The maximum atomic E-state index is 12.4. The fourth-order valence-corrected chi connectivity index (χ4v) is 4.95. The summed E-state index contributed by atoms with van der Waals surface area (Å²) in [7, 11) is -3.65. The molecule has 8 heteroatoms. The van der Waals surface area contributed by atoms with E-state index in [0.29, 0.717) is 24.8 Å². The van der Waals surface area contributed by atoms with Crippen molar-refractivity contribution in [2.75, 3.05) is 32.8 Å². The van der Waals surface area contributed by atoms with Gasteiger partial charge in [-0.25, -0.2) is 13.1 Å². The quantitative estimate of drug-likeness (QED) is 0.540. The Morgan fingerprint density at radius 1 is 1.12 bits per heavy atom. The van der Waals surface area contributed by atoms with E-state index in [2.05, 4.69) is 39.2 Å². The van der Waals surface area contributed by atoms with Gasteiger partial charge in [0.1, 0.15) is 5.75 Å². The summed E-state index contributed by atoms with van der Waals surface area (Å²) in [6.07, 6.45) is 2.32. The smallest absolute Gasteiger partial charge is 0.240 e. The van der Waals surface area contributed by atoms with Gasteiger partial charge >= 0.3 is 0 Å². The van der Waals surface area contributed by atoms with Crippen molar-refractivity contribution in [2.24, 2.45) is 5.92 Å². The van der Waals surface area contributed by atoms with Crippen LogP contribution in [0, 0.1) is 5.92 Å². The predicted molar refractivity (Wildman–Crippen MR) is 125 cm³/mol.